The van der Waals surface area contributed by atoms with Gasteiger partial charge in [-0.2, -0.15) is 0 Å². The van der Waals surface area contributed by atoms with Gasteiger partial charge in [0.05, 0.1) is 0 Å². The van der Waals surface area contributed by atoms with E-state index in [1.54, 1.807) is 0 Å². The first-order chi connectivity index (χ1) is 12.1. The lowest BCUT2D eigenvalue weighted by Gasteiger charge is -2.13. The highest BCUT2D eigenvalue weighted by atomic mass is 16.3. The summed E-state index contributed by atoms with van der Waals surface area (Å²) in [6, 6.07) is 24.0. The fourth-order valence-corrected chi connectivity index (χ4v) is 3.22. The number of hydrogen-bond acceptors (Lipinski definition) is 2. The molecule has 1 heterocycles. The number of fused-ring (bicyclic) bond motifs is 1. The molecule has 2 nitrogen and oxygen atoms in total. The molecule has 0 aliphatic heterocycles. The lowest BCUT2D eigenvalue weighted by molar-refractivity contribution is 0.221. The van der Waals surface area contributed by atoms with E-state index in [1.807, 2.05) is 73.7 Å². The van der Waals surface area contributed by atoms with E-state index in [1.165, 1.54) is 5.56 Å². The van der Waals surface area contributed by atoms with E-state index in [-0.39, 0.29) is 0 Å². The minimum atomic E-state index is -0.737. The van der Waals surface area contributed by atoms with Crippen molar-refractivity contribution < 1.29 is 9.52 Å². The highest BCUT2D eigenvalue weighted by Gasteiger charge is 2.23. The second-order valence-electron chi connectivity index (χ2n) is 6.52. The highest BCUT2D eigenvalue weighted by molar-refractivity contribution is 5.89. The van der Waals surface area contributed by atoms with Crippen molar-refractivity contribution in [2.24, 2.45) is 0 Å². The molecule has 0 aliphatic carbocycles. The van der Waals surface area contributed by atoms with Crippen molar-refractivity contribution >= 4 is 11.0 Å². The Kier molecular flexibility index (Phi) is 3.90. The van der Waals surface area contributed by atoms with Crippen LogP contribution in [0.4, 0.5) is 0 Å². The Balaban J connectivity index is 1.96. The van der Waals surface area contributed by atoms with Crippen molar-refractivity contribution in [2.45, 2.75) is 20.0 Å². The Morgan fingerprint density at radius 3 is 2.20 bits per heavy atom. The van der Waals surface area contributed by atoms with Gasteiger partial charge in [0.25, 0.3) is 0 Å². The van der Waals surface area contributed by atoms with Gasteiger partial charge in [-0.05, 0) is 31.5 Å². The zero-order valence-electron chi connectivity index (χ0n) is 14.4. The summed E-state index contributed by atoms with van der Waals surface area (Å²) < 4.78 is 6.15. The maximum Gasteiger partial charge on any atom is 0.141 e. The van der Waals surface area contributed by atoms with Crippen LogP contribution in [0.25, 0.3) is 22.3 Å². The molecule has 1 aromatic heterocycles. The number of aryl methyl sites for hydroxylation is 2. The van der Waals surface area contributed by atoms with Crippen molar-refractivity contribution in [3.63, 3.8) is 0 Å². The molecule has 2 heteroatoms. The highest BCUT2D eigenvalue weighted by Crippen LogP contribution is 2.40. The van der Waals surface area contributed by atoms with Gasteiger partial charge in [-0.1, -0.05) is 71.8 Å². The van der Waals surface area contributed by atoms with Crippen molar-refractivity contribution in [1.82, 2.24) is 0 Å². The van der Waals surface area contributed by atoms with Gasteiger partial charge in [0, 0.05) is 16.5 Å². The molecule has 0 saturated carbocycles. The summed E-state index contributed by atoms with van der Waals surface area (Å²) in [5.74, 6) is 0.731. The summed E-state index contributed by atoms with van der Waals surface area (Å²) in [6.45, 7) is 4.10. The number of aliphatic hydroxyl groups is 1. The number of benzene rings is 3. The second kappa shape index (κ2) is 6.23. The third kappa shape index (κ3) is 2.86. The predicted octanol–water partition coefficient (Wildman–Crippen LogP) is 5.80. The van der Waals surface area contributed by atoms with Gasteiger partial charge in [-0.15, -0.1) is 0 Å². The average Bonchev–Trinajstić information content (AvgIpc) is 3.01. The molecular formula is C23H20O2. The summed E-state index contributed by atoms with van der Waals surface area (Å²) in [5.41, 5.74) is 5.78. The molecule has 25 heavy (non-hydrogen) atoms. The molecule has 1 N–H and O–H groups in total. The molecule has 1 unspecified atom stereocenters. The smallest absolute Gasteiger partial charge is 0.141 e. The van der Waals surface area contributed by atoms with Crippen LogP contribution in [0.3, 0.4) is 0 Å². The van der Waals surface area contributed by atoms with E-state index < -0.39 is 6.10 Å². The quantitative estimate of drug-likeness (QED) is 0.516. The van der Waals surface area contributed by atoms with Crippen LogP contribution in [-0.2, 0) is 0 Å². The lowest BCUT2D eigenvalue weighted by atomic mass is 9.95. The molecule has 0 amide bonds. The van der Waals surface area contributed by atoms with Crippen molar-refractivity contribution in [2.75, 3.05) is 0 Å². The standard InChI is InChI=1S/C23H20O2/c1-15-8-11-17(12-9-15)22(24)21-19-14-16(2)10-13-20(19)25-23(21)18-6-4-3-5-7-18/h3-14,22,24H,1-2H3. The molecule has 0 radical (unpaired) electrons. The van der Waals surface area contributed by atoms with Gasteiger partial charge in [0.15, 0.2) is 0 Å². The van der Waals surface area contributed by atoms with E-state index in [9.17, 15) is 5.11 Å². The molecule has 0 bridgehead atoms. The maximum absolute atomic E-state index is 11.1. The van der Waals surface area contributed by atoms with Gasteiger partial charge < -0.3 is 9.52 Å². The first-order valence-corrected chi connectivity index (χ1v) is 8.46. The Morgan fingerprint density at radius 1 is 0.800 bits per heavy atom. The molecule has 0 fully saturated rings. The van der Waals surface area contributed by atoms with Gasteiger partial charge in [-0.3, -0.25) is 0 Å². The summed E-state index contributed by atoms with van der Waals surface area (Å²) in [5, 5.41) is 12.1. The van der Waals surface area contributed by atoms with Gasteiger partial charge in [-0.25, -0.2) is 0 Å². The Labute approximate surface area is 147 Å². The van der Waals surface area contributed by atoms with Crippen molar-refractivity contribution in [3.05, 3.63) is 95.1 Å². The molecule has 4 rings (SSSR count). The van der Waals surface area contributed by atoms with Gasteiger partial charge >= 0.3 is 0 Å². The third-order valence-corrected chi connectivity index (χ3v) is 4.58. The van der Waals surface area contributed by atoms with Crippen LogP contribution in [0, 0.1) is 13.8 Å². The molecule has 124 valence electrons. The molecule has 4 aromatic rings. The van der Waals surface area contributed by atoms with E-state index in [0.29, 0.717) is 0 Å². The zero-order chi connectivity index (χ0) is 17.4. The summed E-state index contributed by atoms with van der Waals surface area (Å²) >= 11 is 0. The van der Waals surface area contributed by atoms with Crippen LogP contribution < -0.4 is 0 Å². The minimum absolute atomic E-state index is 0.731. The lowest BCUT2D eigenvalue weighted by Crippen LogP contribution is -2.00. The second-order valence-corrected chi connectivity index (χ2v) is 6.52. The Bertz CT molecular complexity index is 1010. The van der Waals surface area contributed by atoms with Crippen LogP contribution >= 0.6 is 0 Å². The van der Waals surface area contributed by atoms with Crippen LogP contribution in [-0.4, -0.2) is 5.11 Å². The van der Waals surface area contributed by atoms with Crippen molar-refractivity contribution in [3.8, 4) is 11.3 Å². The number of furan rings is 1. The molecule has 0 spiro atoms. The topological polar surface area (TPSA) is 33.4 Å². The monoisotopic (exact) mass is 328 g/mol. The van der Waals surface area contributed by atoms with Gasteiger partial charge in [0.1, 0.15) is 17.4 Å². The van der Waals surface area contributed by atoms with E-state index in [2.05, 4.69) is 13.0 Å². The normalized spacial score (nSPS) is 12.4. The largest absolute Gasteiger partial charge is 0.456 e. The summed E-state index contributed by atoms with van der Waals surface area (Å²) in [6.07, 6.45) is -0.737. The Hall–Kier alpha value is -2.84. The number of aliphatic hydroxyl groups excluding tert-OH is 1. The molecule has 0 aliphatic rings. The van der Waals surface area contributed by atoms with Gasteiger partial charge in [0.2, 0.25) is 0 Å². The molecular weight excluding hydrogens is 308 g/mol. The molecule has 0 saturated heterocycles. The minimum Gasteiger partial charge on any atom is -0.456 e. The van der Waals surface area contributed by atoms with Crippen LogP contribution in [0.1, 0.15) is 28.4 Å². The zero-order valence-corrected chi connectivity index (χ0v) is 14.4. The van der Waals surface area contributed by atoms with E-state index in [4.69, 9.17) is 4.42 Å². The summed E-state index contributed by atoms with van der Waals surface area (Å²) in [4.78, 5) is 0. The fourth-order valence-electron chi connectivity index (χ4n) is 3.22. The third-order valence-electron chi connectivity index (χ3n) is 4.58. The predicted molar refractivity (Wildman–Crippen MR) is 102 cm³/mol. The molecule has 3 aromatic carbocycles. The van der Waals surface area contributed by atoms with E-state index >= 15 is 0 Å². The number of rotatable bonds is 3. The Morgan fingerprint density at radius 2 is 1.48 bits per heavy atom. The molecule has 1 atom stereocenters. The van der Waals surface area contributed by atoms with Crippen LogP contribution in [0.15, 0.2) is 77.2 Å². The average molecular weight is 328 g/mol. The van der Waals surface area contributed by atoms with Crippen molar-refractivity contribution in [1.29, 1.82) is 0 Å². The van der Waals surface area contributed by atoms with Crippen LogP contribution in [0.5, 0.6) is 0 Å². The SMILES string of the molecule is Cc1ccc(C(O)c2c(-c3ccccc3)oc3ccc(C)cc23)cc1. The fraction of sp³-hybridized carbons (Fsp3) is 0.130. The maximum atomic E-state index is 11.1. The first kappa shape index (κ1) is 15.7. The van der Waals surface area contributed by atoms with Crippen LogP contribution in [0.2, 0.25) is 0 Å². The summed E-state index contributed by atoms with van der Waals surface area (Å²) in [7, 11) is 0. The van der Waals surface area contributed by atoms with E-state index in [0.717, 1.165) is 39.0 Å². The first-order valence-electron chi connectivity index (χ1n) is 8.46. The number of hydrogen-bond donors (Lipinski definition) is 1.